The van der Waals surface area contributed by atoms with Gasteiger partial charge in [0, 0.05) is 26.1 Å². The van der Waals surface area contributed by atoms with Crippen molar-refractivity contribution < 1.29 is 9.84 Å². The fourth-order valence-corrected chi connectivity index (χ4v) is 1.80. The number of nitrogens with one attached hydrogen (secondary N) is 2. The fourth-order valence-electron chi connectivity index (χ4n) is 1.80. The number of pyridine rings is 1. The minimum absolute atomic E-state index is 0.396. The average Bonchev–Trinajstić information content (AvgIpc) is 2.76. The molecule has 1 aliphatic heterocycles. The molecule has 1 unspecified atom stereocenters. The molecule has 0 bridgehead atoms. The SMILES string of the molecule is CCNc1cccc(NCC2(O)CCOC2)n1. The molecule has 1 aromatic heterocycles. The Balaban J connectivity index is 1.91. The number of anilines is 2. The molecule has 94 valence electrons. The van der Waals surface area contributed by atoms with E-state index in [1.165, 1.54) is 0 Å². The van der Waals surface area contributed by atoms with Crippen LogP contribution in [0.3, 0.4) is 0 Å². The topological polar surface area (TPSA) is 66.4 Å². The molecule has 1 fully saturated rings. The third kappa shape index (κ3) is 3.31. The predicted molar refractivity (Wildman–Crippen MR) is 67.3 cm³/mol. The van der Waals surface area contributed by atoms with Crippen molar-refractivity contribution in [3.8, 4) is 0 Å². The maximum Gasteiger partial charge on any atom is 0.128 e. The number of rotatable bonds is 5. The predicted octanol–water partition coefficient (Wildman–Crippen LogP) is 1.08. The maximum absolute atomic E-state index is 10.1. The van der Waals surface area contributed by atoms with Crippen LogP contribution in [0.1, 0.15) is 13.3 Å². The minimum Gasteiger partial charge on any atom is -0.386 e. The number of nitrogens with zero attached hydrogens (tertiary/aromatic N) is 1. The average molecular weight is 237 g/mol. The lowest BCUT2D eigenvalue weighted by atomic mass is 10.0. The number of hydrogen-bond acceptors (Lipinski definition) is 5. The highest BCUT2D eigenvalue weighted by Gasteiger charge is 2.31. The van der Waals surface area contributed by atoms with Gasteiger partial charge in [0.05, 0.1) is 6.61 Å². The summed E-state index contributed by atoms with van der Waals surface area (Å²) < 4.78 is 5.19. The molecule has 0 aromatic carbocycles. The van der Waals surface area contributed by atoms with Gasteiger partial charge >= 0.3 is 0 Å². The summed E-state index contributed by atoms with van der Waals surface area (Å²) in [5.74, 6) is 1.61. The van der Waals surface area contributed by atoms with Crippen LogP contribution in [0.25, 0.3) is 0 Å². The van der Waals surface area contributed by atoms with Gasteiger partial charge in [-0.25, -0.2) is 4.98 Å². The van der Waals surface area contributed by atoms with Gasteiger partial charge in [0.15, 0.2) is 0 Å². The van der Waals surface area contributed by atoms with E-state index in [0.29, 0.717) is 26.2 Å². The van der Waals surface area contributed by atoms with Crippen LogP contribution >= 0.6 is 0 Å². The van der Waals surface area contributed by atoms with E-state index >= 15 is 0 Å². The van der Waals surface area contributed by atoms with Crippen molar-refractivity contribution in [2.75, 3.05) is 36.9 Å². The van der Waals surface area contributed by atoms with Crippen molar-refractivity contribution in [2.24, 2.45) is 0 Å². The van der Waals surface area contributed by atoms with Crippen molar-refractivity contribution >= 4 is 11.6 Å². The fraction of sp³-hybridized carbons (Fsp3) is 0.583. The zero-order valence-electron chi connectivity index (χ0n) is 10.1. The first-order valence-electron chi connectivity index (χ1n) is 5.97. The maximum atomic E-state index is 10.1. The molecule has 0 saturated carbocycles. The van der Waals surface area contributed by atoms with Crippen molar-refractivity contribution in [1.29, 1.82) is 0 Å². The molecule has 17 heavy (non-hydrogen) atoms. The van der Waals surface area contributed by atoms with Gasteiger partial charge < -0.3 is 20.5 Å². The molecule has 5 heteroatoms. The number of hydrogen-bond donors (Lipinski definition) is 3. The Hall–Kier alpha value is -1.33. The molecule has 0 amide bonds. The van der Waals surface area contributed by atoms with Crippen LogP contribution in [-0.2, 0) is 4.74 Å². The van der Waals surface area contributed by atoms with Crippen LogP contribution in [0.5, 0.6) is 0 Å². The molecule has 1 aromatic rings. The molecule has 3 N–H and O–H groups in total. The molecule has 1 saturated heterocycles. The van der Waals surface area contributed by atoms with Gasteiger partial charge in [-0.15, -0.1) is 0 Å². The largest absolute Gasteiger partial charge is 0.386 e. The lowest BCUT2D eigenvalue weighted by molar-refractivity contribution is 0.0381. The first-order valence-corrected chi connectivity index (χ1v) is 5.97. The third-order valence-electron chi connectivity index (χ3n) is 2.79. The molecule has 2 rings (SSSR count). The van der Waals surface area contributed by atoms with Crippen LogP contribution in [0.4, 0.5) is 11.6 Å². The molecule has 5 nitrogen and oxygen atoms in total. The highest BCUT2D eigenvalue weighted by molar-refractivity contribution is 5.45. The van der Waals surface area contributed by atoms with E-state index in [9.17, 15) is 5.11 Å². The summed E-state index contributed by atoms with van der Waals surface area (Å²) in [5.41, 5.74) is -0.754. The van der Waals surface area contributed by atoms with Gasteiger partial charge in [0.2, 0.25) is 0 Å². The Bertz CT molecular complexity index is 365. The van der Waals surface area contributed by atoms with Crippen LogP contribution < -0.4 is 10.6 Å². The summed E-state index contributed by atoms with van der Waals surface area (Å²) in [6.07, 6.45) is 0.674. The lowest BCUT2D eigenvalue weighted by Gasteiger charge is -2.21. The van der Waals surface area contributed by atoms with Crippen molar-refractivity contribution in [3.05, 3.63) is 18.2 Å². The van der Waals surface area contributed by atoms with E-state index in [4.69, 9.17) is 4.74 Å². The quantitative estimate of drug-likeness (QED) is 0.715. The summed E-state index contributed by atoms with van der Waals surface area (Å²) in [7, 11) is 0. The summed E-state index contributed by atoms with van der Waals surface area (Å²) in [6.45, 7) is 4.36. The van der Waals surface area contributed by atoms with E-state index in [1.54, 1.807) is 0 Å². The smallest absolute Gasteiger partial charge is 0.128 e. The Morgan fingerprint density at radius 1 is 1.41 bits per heavy atom. The van der Waals surface area contributed by atoms with Crippen molar-refractivity contribution in [3.63, 3.8) is 0 Å². The summed E-state index contributed by atoms with van der Waals surface area (Å²) in [6, 6.07) is 5.74. The van der Waals surface area contributed by atoms with Crippen LogP contribution in [0.15, 0.2) is 18.2 Å². The van der Waals surface area contributed by atoms with Gasteiger partial charge in [0.1, 0.15) is 17.2 Å². The van der Waals surface area contributed by atoms with Gasteiger partial charge in [-0.2, -0.15) is 0 Å². The van der Waals surface area contributed by atoms with Gasteiger partial charge in [0.25, 0.3) is 0 Å². The monoisotopic (exact) mass is 237 g/mol. The molecular formula is C12H19N3O2. The number of aromatic nitrogens is 1. The van der Waals surface area contributed by atoms with E-state index in [1.807, 2.05) is 25.1 Å². The van der Waals surface area contributed by atoms with E-state index in [-0.39, 0.29) is 0 Å². The number of ether oxygens (including phenoxy) is 1. The molecule has 1 atom stereocenters. The highest BCUT2D eigenvalue weighted by atomic mass is 16.5. The molecule has 0 radical (unpaired) electrons. The summed E-state index contributed by atoms with van der Waals surface area (Å²) in [4.78, 5) is 4.38. The van der Waals surface area contributed by atoms with E-state index in [0.717, 1.165) is 18.2 Å². The van der Waals surface area contributed by atoms with Crippen LogP contribution in [-0.4, -0.2) is 42.0 Å². The van der Waals surface area contributed by atoms with Crippen molar-refractivity contribution in [2.45, 2.75) is 18.9 Å². The first kappa shape index (κ1) is 12.1. The summed E-state index contributed by atoms with van der Waals surface area (Å²) in [5, 5.41) is 16.4. The second-order valence-corrected chi connectivity index (χ2v) is 4.32. The molecular weight excluding hydrogens is 218 g/mol. The van der Waals surface area contributed by atoms with Gasteiger partial charge in [-0.3, -0.25) is 0 Å². The lowest BCUT2D eigenvalue weighted by Crippen LogP contribution is -2.37. The molecule has 0 spiro atoms. The van der Waals surface area contributed by atoms with E-state index in [2.05, 4.69) is 15.6 Å². The molecule has 1 aliphatic rings. The number of aliphatic hydroxyl groups is 1. The third-order valence-corrected chi connectivity index (χ3v) is 2.79. The van der Waals surface area contributed by atoms with Gasteiger partial charge in [-0.05, 0) is 19.1 Å². The zero-order chi connectivity index (χ0) is 12.1. The Morgan fingerprint density at radius 2 is 2.18 bits per heavy atom. The summed E-state index contributed by atoms with van der Waals surface area (Å²) >= 11 is 0. The Morgan fingerprint density at radius 3 is 2.82 bits per heavy atom. The van der Waals surface area contributed by atoms with E-state index < -0.39 is 5.60 Å². The highest BCUT2D eigenvalue weighted by Crippen LogP contribution is 2.19. The molecule has 0 aliphatic carbocycles. The Labute approximate surface area is 101 Å². The standard InChI is InChI=1S/C12H19N3O2/c1-2-13-10-4-3-5-11(15-10)14-8-12(16)6-7-17-9-12/h3-5,16H,2,6-9H2,1H3,(H2,13,14,15). The first-order chi connectivity index (χ1) is 8.22. The molecule has 2 heterocycles. The van der Waals surface area contributed by atoms with Gasteiger partial charge in [-0.1, -0.05) is 6.07 Å². The Kier molecular flexibility index (Phi) is 3.81. The van der Waals surface area contributed by atoms with Crippen molar-refractivity contribution in [1.82, 2.24) is 4.98 Å². The second-order valence-electron chi connectivity index (χ2n) is 4.32. The second kappa shape index (κ2) is 5.33. The van der Waals surface area contributed by atoms with Crippen LogP contribution in [0, 0.1) is 0 Å². The normalized spacial score (nSPS) is 23.6. The minimum atomic E-state index is -0.754. The zero-order valence-corrected chi connectivity index (χ0v) is 10.1. The van der Waals surface area contributed by atoms with Crippen LogP contribution in [0.2, 0.25) is 0 Å².